The summed E-state index contributed by atoms with van der Waals surface area (Å²) in [6.45, 7) is 0. The number of rotatable bonds is 4. The second-order valence-electron chi connectivity index (χ2n) is 4.37. The van der Waals surface area contributed by atoms with Gasteiger partial charge in [-0.15, -0.1) is 0 Å². The third-order valence-corrected chi connectivity index (χ3v) is 2.99. The third kappa shape index (κ3) is 3.76. The number of nitrogens with one attached hydrogen (secondary N) is 2. The van der Waals surface area contributed by atoms with Crippen molar-refractivity contribution in [3.8, 4) is 11.5 Å². The molecule has 0 saturated carbocycles. The van der Waals surface area contributed by atoms with Crippen molar-refractivity contribution in [3.63, 3.8) is 0 Å². The second kappa shape index (κ2) is 7.12. The molecule has 2 aromatic carbocycles. The summed E-state index contributed by atoms with van der Waals surface area (Å²) < 4.78 is 10.0. The predicted molar refractivity (Wildman–Crippen MR) is 80.9 cm³/mol. The fourth-order valence-electron chi connectivity index (χ4n) is 1.74. The Balaban J connectivity index is 1.92. The maximum atomic E-state index is 11.9. The van der Waals surface area contributed by atoms with Crippen molar-refractivity contribution >= 4 is 11.8 Å². The molecule has 0 aromatic heterocycles. The van der Waals surface area contributed by atoms with Gasteiger partial charge in [-0.2, -0.15) is 0 Å². The van der Waals surface area contributed by atoms with Gasteiger partial charge in [0, 0.05) is 11.1 Å². The van der Waals surface area contributed by atoms with Crippen LogP contribution in [0, 0.1) is 0 Å². The second-order valence-corrected chi connectivity index (χ2v) is 4.37. The van der Waals surface area contributed by atoms with E-state index in [1.807, 2.05) is 0 Å². The molecular weight excluding hydrogens is 284 g/mol. The maximum Gasteiger partial charge on any atom is 0.269 e. The van der Waals surface area contributed by atoms with E-state index in [2.05, 4.69) is 10.9 Å². The zero-order valence-electron chi connectivity index (χ0n) is 12.3. The number of carbonyl (C=O) groups is 2. The van der Waals surface area contributed by atoms with Crippen LogP contribution >= 0.6 is 0 Å². The number of amides is 2. The SMILES string of the molecule is COc1ccc(C(=O)NNC(=O)c2ccc(OC)cc2)cc1. The highest BCUT2D eigenvalue weighted by molar-refractivity contribution is 5.99. The fourth-order valence-corrected chi connectivity index (χ4v) is 1.74. The number of hydrogen-bond donors (Lipinski definition) is 2. The Morgan fingerprint density at radius 3 is 1.27 bits per heavy atom. The average Bonchev–Trinajstić information content (AvgIpc) is 2.59. The normalized spacial score (nSPS) is 9.73. The first kappa shape index (κ1) is 15.4. The summed E-state index contributed by atoms with van der Waals surface area (Å²) in [5.41, 5.74) is 5.53. The highest BCUT2D eigenvalue weighted by atomic mass is 16.5. The highest BCUT2D eigenvalue weighted by Crippen LogP contribution is 2.12. The van der Waals surface area contributed by atoms with Crippen LogP contribution in [-0.2, 0) is 0 Å². The molecule has 2 rings (SSSR count). The van der Waals surface area contributed by atoms with Crippen molar-refractivity contribution in [3.05, 3.63) is 59.7 Å². The molecule has 0 unspecified atom stereocenters. The van der Waals surface area contributed by atoms with Gasteiger partial charge in [-0.25, -0.2) is 0 Å². The average molecular weight is 300 g/mol. The summed E-state index contributed by atoms with van der Waals surface area (Å²) >= 11 is 0. The Kier molecular flexibility index (Phi) is 4.98. The molecule has 114 valence electrons. The minimum atomic E-state index is -0.412. The lowest BCUT2D eigenvalue weighted by atomic mass is 10.2. The van der Waals surface area contributed by atoms with Gasteiger partial charge in [0.1, 0.15) is 11.5 Å². The molecular formula is C16H16N2O4. The van der Waals surface area contributed by atoms with E-state index >= 15 is 0 Å². The Morgan fingerprint density at radius 2 is 1.00 bits per heavy atom. The van der Waals surface area contributed by atoms with E-state index in [1.54, 1.807) is 62.8 Å². The van der Waals surface area contributed by atoms with Crippen LogP contribution in [0.15, 0.2) is 48.5 Å². The fraction of sp³-hybridized carbons (Fsp3) is 0.125. The minimum absolute atomic E-state index is 0.412. The number of ether oxygens (including phenoxy) is 2. The first-order valence-electron chi connectivity index (χ1n) is 6.53. The lowest BCUT2D eigenvalue weighted by Gasteiger charge is -2.08. The third-order valence-electron chi connectivity index (χ3n) is 2.99. The van der Waals surface area contributed by atoms with Gasteiger partial charge in [-0.05, 0) is 48.5 Å². The molecule has 2 N–H and O–H groups in total. The topological polar surface area (TPSA) is 76.7 Å². The molecule has 0 fully saturated rings. The van der Waals surface area contributed by atoms with Gasteiger partial charge in [-0.3, -0.25) is 20.4 Å². The Bertz CT molecular complexity index is 591. The van der Waals surface area contributed by atoms with E-state index in [1.165, 1.54) is 0 Å². The van der Waals surface area contributed by atoms with Crippen LogP contribution in [0.25, 0.3) is 0 Å². The van der Waals surface area contributed by atoms with Crippen LogP contribution in [0.2, 0.25) is 0 Å². The summed E-state index contributed by atoms with van der Waals surface area (Å²) in [6, 6.07) is 13.1. The van der Waals surface area contributed by atoms with Crippen molar-refractivity contribution in [2.45, 2.75) is 0 Å². The first-order chi connectivity index (χ1) is 10.6. The summed E-state index contributed by atoms with van der Waals surface area (Å²) in [7, 11) is 3.09. The molecule has 0 spiro atoms. The van der Waals surface area contributed by atoms with Crippen LogP contribution in [0.1, 0.15) is 20.7 Å². The van der Waals surface area contributed by atoms with Crippen LogP contribution < -0.4 is 20.3 Å². The molecule has 0 aliphatic heterocycles. The summed E-state index contributed by atoms with van der Waals surface area (Å²) in [4.78, 5) is 23.8. The van der Waals surface area contributed by atoms with Crippen molar-refractivity contribution < 1.29 is 19.1 Å². The molecule has 0 aliphatic rings. The first-order valence-corrected chi connectivity index (χ1v) is 6.53. The predicted octanol–water partition coefficient (Wildman–Crippen LogP) is 1.78. The van der Waals surface area contributed by atoms with Crippen molar-refractivity contribution in [1.29, 1.82) is 0 Å². The van der Waals surface area contributed by atoms with E-state index in [0.717, 1.165) is 0 Å². The van der Waals surface area contributed by atoms with Gasteiger partial charge in [-0.1, -0.05) is 0 Å². The van der Waals surface area contributed by atoms with Crippen molar-refractivity contribution in [1.82, 2.24) is 10.9 Å². The number of benzene rings is 2. The molecule has 0 saturated heterocycles. The van der Waals surface area contributed by atoms with Crippen LogP contribution in [0.4, 0.5) is 0 Å². The monoisotopic (exact) mass is 300 g/mol. The molecule has 0 radical (unpaired) electrons. The van der Waals surface area contributed by atoms with E-state index in [9.17, 15) is 9.59 Å². The van der Waals surface area contributed by atoms with E-state index < -0.39 is 11.8 Å². The van der Waals surface area contributed by atoms with Crippen molar-refractivity contribution in [2.24, 2.45) is 0 Å². The summed E-state index contributed by atoms with van der Waals surface area (Å²) in [5.74, 6) is 0.478. The number of hydrazine groups is 1. The summed E-state index contributed by atoms with van der Waals surface area (Å²) in [6.07, 6.45) is 0. The Hall–Kier alpha value is -3.02. The van der Waals surface area contributed by atoms with Crippen LogP contribution in [-0.4, -0.2) is 26.0 Å². The molecule has 0 bridgehead atoms. The molecule has 0 heterocycles. The molecule has 0 aliphatic carbocycles. The number of methoxy groups -OCH3 is 2. The highest BCUT2D eigenvalue weighted by Gasteiger charge is 2.09. The molecule has 2 aromatic rings. The van der Waals surface area contributed by atoms with Crippen LogP contribution in [0.3, 0.4) is 0 Å². The number of carbonyl (C=O) groups excluding carboxylic acids is 2. The Labute approximate surface area is 128 Å². The zero-order chi connectivity index (χ0) is 15.9. The number of hydrogen-bond acceptors (Lipinski definition) is 4. The van der Waals surface area contributed by atoms with Gasteiger partial charge >= 0.3 is 0 Å². The van der Waals surface area contributed by atoms with Gasteiger partial charge in [0.05, 0.1) is 14.2 Å². The van der Waals surface area contributed by atoms with Gasteiger partial charge in [0.25, 0.3) is 11.8 Å². The van der Waals surface area contributed by atoms with Crippen molar-refractivity contribution in [2.75, 3.05) is 14.2 Å². The van der Waals surface area contributed by atoms with Gasteiger partial charge < -0.3 is 9.47 Å². The molecule has 2 amide bonds. The lowest BCUT2D eigenvalue weighted by molar-refractivity contribution is 0.0846. The smallest absolute Gasteiger partial charge is 0.269 e. The zero-order valence-corrected chi connectivity index (χ0v) is 12.3. The summed E-state index contributed by atoms with van der Waals surface area (Å²) in [5, 5.41) is 0. The molecule has 6 heteroatoms. The molecule has 22 heavy (non-hydrogen) atoms. The molecule has 0 atom stereocenters. The molecule has 6 nitrogen and oxygen atoms in total. The van der Waals surface area contributed by atoms with E-state index in [0.29, 0.717) is 22.6 Å². The minimum Gasteiger partial charge on any atom is -0.497 e. The van der Waals surface area contributed by atoms with Gasteiger partial charge in [0.2, 0.25) is 0 Å². The standard InChI is InChI=1S/C16H16N2O4/c1-21-13-7-3-11(4-8-13)15(19)17-18-16(20)12-5-9-14(22-2)10-6-12/h3-10H,1-2H3,(H,17,19)(H,18,20). The Morgan fingerprint density at radius 1 is 0.682 bits per heavy atom. The lowest BCUT2D eigenvalue weighted by Crippen LogP contribution is -2.41. The van der Waals surface area contributed by atoms with Gasteiger partial charge in [0.15, 0.2) is 0 Å². The van der Waals surface area contributed by atoms with E-state index in [4.69, 9.17) is 9.47 Å². The van der Waals surface area contributed by atoms with E-state index in [-0.39, 0.29) is 0 Å². The van der Waals surface area contributed by atoms with Crippen LogP contribution in [0.5, 0.6) is 11.5 Å². The quantitative estimate of drug-likeness (QED) is 0.844. The largest absolute Gasteiger partial charge is 0.497 e. The maximum absolute atomic E-state index is 11.9.